The summed E-state index contributed by atoms with van der Waals surface area (Å²) in [5, 5.41) is 6.76. The van der Waals surface area contributed by atoms with Gasteiger partial charge in [-0.05, 0) is 45.2 Å². The number of benzene rings is 1. The Hall–Kier alpha value is -1.71. The zero-order valence-corrected chi connectivity index (χ0v) is 18.5. The third kappa shape index (κ3) is 4.16. The van der Waals surface area contributed by atoms with Crippen LogP contribution in [0.25, 0.3) is 0 Å². The number of carbonyl (C=O) groups excluding carboxylic acids is 1. The number of sulfonamides is 1. The predicted molar refractivity (Wildman–Crippen MR) is 108 cm³/mol. The van der Waals surface area contributed by atoms with Crippen molar-refractivity contribution in [3.05, 3.63) is 45.8 Å². The molecule has 0 bridgehead atoms. The molecule has 3 rings (SSSR count). The molecule has 0 radical (unpaired) electrons. The molecule has 9 heteroatoms. The number of nitrogens with zero attached hydrogens (tertiary/aromatic N) is 2. The molecule has 1 aliphatic rings. The number of nitrogens with one attached hydrogen (secondary N) is 1. The van der Waals surface area contributed by atoms with Gasteiger partial charge in [-0.2, -0.15) is 4.31 Å². The van der Waals surface area contributed by atoms with Crippen molar-refractivity contribution in [3.8, 4) is 0 Å². The molecule has 1 aromatic carbocycles. The van der Waals surface area contributed by atoms with Gasteiger partial charge in [0.15, 0.2) is 5.76 Å². The number of amides is 1. The number of carbonyl (C=O) groups is 1. The average Bonchev–Trinajstić information content (AvgIpc) is 3.01. The van der Waals surface area contributed by atoms with E-state index in [0.717, 1.165) is 10.0 Å². The summed E-state index contributed by atoms with van der Waals surface area (Å²) >= 11 is 3.50. The van der Waals surface area contributed by atoms with Crippen molar-refractivity contribution in [2.75, 3.05) is 13.1 Å². The van der Waals surface area contributed by atoms with Gasteiger partial charge in [0.2, 0.25) is 15.9 Å². The molecule has 0 spiro atoms. The Morgan fingerprint density at radius 2 is 2.07 bits per heavy atom. The highest BCUT2D eigenvalue weighted by atomic mass is 79.9. The molecule has 2 atom stereocenters. The fourth-order valence-electron chi connectivity index (χ4n) is 3.58. The highest BCUT2D eigenvalue weighted by molar-refractivity contribution is 9.10. The maximum atomic E-state index is 13.0. The number of halogens is 1. The molecular weight excluding hydrogens is 446 g/mol. The van der Waals surface area contributed by atoms with Crippen LogP contribution in [0.4, 0.5) is 0 Å². The van der Waals surface area contributed by atoms with Crippen LogP contribution < -0.4 is 5.32 Å². The largest absolute Gasteiger partial charge is 0.360 e. The fraction of sp³-hybridized carbons (Fsp3) is 0.474. The van der Waals surface area contributed by atoms with Gasteiger partial charge in [0, 0.05) is 17.6 Å². The van der Waals surface area contributed by atoms with Crippen molar-refractivity contribution in [1.82, 2.24) is 14.8 Å². The molecule has 1 amide bonds. The van der Waals surface area contributed by atoms with E-state index in [0.29, 0.717) is 25.1 Å². The Kier molecular flexibility index (Phi) is 6.26. The summed E-state index contributed by atoms with van der Waals surface area (Å²) in [4.78, 5) is 12.9. The van der Waals surface area contributed by atoms with Crippen molar-refractivity contribution in [1.29, 1.82) is 0 Å². The molecule has 2 aromatic rings. The second kappa shape index (κ2) is 8.34. The van der Waals surface area contributed by atoms with Crippen LogP contribution >= 0.6 is 15.9 Å². The lowest BCUT2D eigenvalue weighted by Crippen LogP contribution is -2.46. The van der Waals surface area contributed by atoms with Gasteiger partial charge in [0.25, 0.3) is 0 Å². The van der Waals surface area contributed by atoms with Gasteiger partial charge >= 0.3 is 0 Å². The van der Waals surface area contributed by atoms with Gasteiger partial charge in [-0.15, -0.1) is 0 Å². The SMILES string of the molecule is Cc1noc(C)c1S(=O)(=O)N1CCCC(C(=O)NC(C)c2ccccc2Br)C1. The van der Waals surface area contributed by atoms with E-state index in [-0.39, 0.29) is 29.1 Å². The Balaban J connectivity index is 1.73. The molecule has 2 unspecified atom stereocenters. The molecule has 28 heavy (non-hydrogen) atoms. The molecule has 1 N–H and O–H groups in total. The zero-order valence-electron chi connectivity index (χ0n) is 16.1. The first kappa shape index (κ1) is 21.0. The number of aryl methyl sites for hydroxylation is 2. The predicted octanol–water partition coefficient (Wildman–Crippen LogP) is 3.33. The summed E-state index contributed by atoms with van der Waals surface area (Å²) in [6.07, 6.45) is 1.28. The smallest absolute Gasteiger partial charge is 0.248 e. The van der Waals surface area contributed by atoms with Crippen molar-refractivity contribution in [2.45, 2.75) is 44.6 Å². The first-order chi connectivity index (χ1) is 13.2. The van der Waals surface area contributed by atoms with Gasteiger partial charge in [0.05, 0.1) is 12.0 Å². The molecule has 1 saturated heterocycles. The molecule has 0 saturated carbocycles. The van der Waals surface area contributed by atoms with Crippen LogP contribution in [0.3, 0.4) is 0 Å². The minimum Gasteiger partial charge on any atom is -0.360 e. The van der Waals surface area contributed by atoms with E-state index < -0.39 is 15.9 Å². The lowest BCUT2D eigenvalue weighted by Gasteiger charge is -2.31. The van der Waals surface area contributed by atoms with Gasteiger partial charge in [-0.1, -0.05) is 39.3 Å². The van der Waals surface area contributed by atoms with Crippen LogP contribution in [0.5, 0.6) is 0 Å². The summed E-state index contributed by atoms with van der Waals surface area (Å²) in [5.74, 6) is -0.262. The van der Waals surface area contributed by atoms with Gasteiger partial charge in [0.1, 0.15) is 10.6 Å². The summed E-state index contributed by atoms with van der Waals surface area (Å²) in [6.45, 7) is 5.65. The van der Waals surface area contributed by atoms with Crippen molar-refractivity contribution in [2.24, 2.45) is 5.92 Å². The number of rotatable bonds is 5. The average molecular weight is 470 g/mol. The third-order valence-electron chi connectivity index (χ3n) is 5.05. The van der Waals surface area contributed by atoms with Crippen molar-refractivity contribution in [3.63, 3.8) is 0 Å². The van der Waals surface area contributed by atoms with E-state index in [4.69, 9.17) is 4.52 Å². The quantitative estimate of drug-likeness (QED) is 0.724. The lowest BCUT2D eigenvalue weighted by atomic mass is 9.98. The number of hydrogen-bond donors (Lipinski definition) is 1. The minimum atomic E-state index is -3.74. The Morgan fingerprint density at radius 3 is 2.71 bits per heavy atom. The zero-order chi connectivity index (χ0) is 20.5. The Bertz CT molecular complexity index is 954. The Morgan fingerprint density at radius 1 is 1.36 bits per heavy atom. The van der Waals surface area contributed by atoms with E-state index in [2.05, 4.69) is 26.4 Å². The van der Waals surface area contributed by atoms with E-state index in [1.807, 2.05) is 31.2 Å². The maximum absolute atomic E-state index is 13.0. The number of aromatic nitrogens is 1. The molecule has 1 fully saturated rings. The lowest BCUT2D eigenvalue weighted by molar-refractivity contribution is -0.126. The van der Waals surface area contributed by atoms with E-state index in [1.54, 1.807) is 13.8 Å². The van der Waals surface area contributed by atoms with E-state index in [9.17, 15) is 13.2 Å². The van der Waals surface area contributed by atoms with Gasteiger partial charge in [-0.25, -0.2) is 8.42 Å². The van der Waals surface area contributed by atoms with Gasteiger partial charge < -0.3 is 9.84 Å². The number of hydrogen-bond acceptors (Lipinski definition) is 5. The molecule has 0 aliphatic carbocycles. The van der Waals surface area contributed by atoms with Crippen LogP contribution in [0.1, 0.15) is 42.8 Å². The molecular formula is C19H24BrN3O4S. The van der Waals surface area contributed by atoms with Crippen molar-refractivity contribution >= 4 is 31.9 Å². The summed E-state index contributed by atoms with van der Waals surface area (Å²) in [5.41, 5.74) is 1.32. The molecule has 152 valence electrons. The first-order valence-electron chi connectivity index (χ1n) is 9.19. The van der Waals surface area contributed by atoms with Crippen LogP contribution in [0.15, 0.2) is 38.2 Å². The summed E-state index contributed by atoms with van der Waals surface area (Å²) in [6, 6.07) is 7.53. The molecule has 2 heterocycles. The fourth-order valence-corrected chi connectivity index (χ4v) is 6.03. The minimum absolute atomic E-state index is 0.107. The van der Waals surface area contributed by atoms with E-state index >= 15 is 0 Å². The second-order valence-corrected chi connectivity index (χ2v) is 9.84. The number of piperidine rings is 1. The second-order valence-electron chi connectivity index (χ2n) is 7.11. The monoisotopic (exact) mass is 469 g/mol. The maximum Gasteiger partial charge on any atom is 0.248 e. The van der Waals surface area contributed by atoms with Crippen LogP contribution in [0.2, 0.25) is 0 Å². The standard InChI is InChI=1S/C19H24BrN3O4S/c1-12(16-8-4-5-9-17(16)20)21-19(24)15-7-6-10-23(11-15)28(25,26)18-13(2)22-27-14(18)3/h4-5,8-9,12,15H,6-7,10-11H2,1-3H3,(H,21,24). The van der Waals surface area contributed by atoms with E-state index in [1.165, 1.54) is 4.31 Å². The van der Waals surface area contributed by atoms with Crippen LogP contribution in [-0.4, -0.2) is 36.9 Å². The summed E-state index contributed by atoms with van der Waals surface area (Å²) < 4.78 is 33.4. The summed E-state index contributed by atoms with van der Waals surface area (Å²) in [7, 11) is -3.74. The van der Waals surface area contributed by atoms with Crippen LogP contribution in [0, 0.1) is 19.8 Å². The Labute approximate surface area is 173 Å². The molecule has 1 aliphatic heterocycles. The highest BCUT2D eigenvalue weighted by Crippen LogP contribution is 2.29. The van der Waals surface area contributed by atoms with Crippen LogP contribution in [-0.2, 0) is 14.8 Å². The third-order valence-corrected chi connectivity index (χ3v) is 7.88. The topological polar surface area (TPSA) is 92.5 Å². The normalized spacial score (nSPS) is 19.4. The first-order valence-corrected chi connectivity index (χ1v) is 11.4. The van der Waals surface area contributed by atoms with Crippen molar-refractivity contribution < 1.29 is 17.7 Å². The molecule has 7 nitrogen and oxygen atoms in total. The van der Waals surface area contributed by atoms with Gasteiger partial charge in [-0.3, -0.25) is 4.79 Å². The highest BCUT2D eigenvalue weighted by Gasteiger charge is 2.36. The molecule has 1 aromatic heterocycles.